The standard InChI is InChI=1S/C12H15NO5S/c1-18-9-4-2-5-10(8-9)19(16,17)13-7-3-6-11(13)12(14)15/h2,4-5,8,11H,3,6-7H2,1H3,(H,14,15)/p-1/t11-/m1/s1. The van der Waals surface area contributed by atoms with E-state index in [1.807, 2.05) is 0 Å². The van der Waals surface area contributed by atoms with Gasteiger partial charge in [0.15, 0.2) is 0 Å². The van der Waals surface area contributed by atoms with Crippen molar-refractivity contribution in [1.82, 2.24) is 4.31 Å². The number of ether oxygens (including phenoxy) is 1. The lowest BCUT2D eigenvalue weighted by atomic mass is 10.2. The summed E-state index contributed by atoms with van der Waals surface area (Å²) in [6.07, 6.45) is 0.799. The molecule has 6 nitrogen and oxygen atoms in total. The van der Waals surface area contributed by atoms with Gasteiger partial charge in [-0.25, -0.2) is 8.42 Å². The van der Waals surface area contributed by atoms with Gasteiger partial charge in [-0.15, -0.1) is 0 Å². The SMILES string of the molecule is COc1cccc(S(=O)(=O)N2CCC[C@@H]2C(=O)[O-])c1. The number of rotatable bonds is 4. The molecule has 0 aromatic heterocycles. The van der Waals surface area contributed by atoms with Gasteiger partial charge in [0.1, 0.15) is 5.75 Å². The molecule has 1 aromatic carbocycles. The van der Waals surface area contributed by atoms with E-state index in [0.717, 1.165) is 4.31 Å². The van der Waals surface area contributed by atoms with Gasteiger partial charge in [0.2, 0.25) is 10.0 Å². The highest BCUT2D eigenvalue weighted by Crippen LogP contribution is 2.27. The Kier molecular flexibility index (Phi) is 3.77. The van der Waals surface area contributed by atoms with Gasteiger partial charge < -0.3 is 14.6 Å². The second-order valence-corrected chi connectivity index (χ2v) is 6.16. The molecule has 0 bridgehead atoms. The largest absolute Gasteiger partial charge is 0.548 e. The molecular formula is C12H14NO5S-. The van der Waals surface area contributed by atoms with Crippen molar-refractivity contribution in [3.05, 3.63) is 24.3 Å². The lowest BCUT2D eigenvalue weighted by Crippen LogP contribution is -2.46. The predicted octanol–water partition coefficient (Wildman–Crippen LogP) is -0.402. The molecule has 1 saturated heterocycles. The molecule has 0 saturated carbocycles. The number of carbonyl (C=O) groups is 1. The van der Waals surface area contributed by atoms with Gasteiger partial charge in [-0.2, -0.15) is 4.31 Å². The highest BCUT2D eigenvalue weighted by Gasteiger charge is 2.36. The highest BCUT2D eigenvalue weighted by atomic mass is 32.2. The topological polar surface area (TPSA) is 86.7 Å². The van der Waals surface area contributed by atoms with Gasteiger partial charge >= 0.3 is 0 Å². The molecule has 0 radical (unpaired) electrons. The van der Waals surface area contributed by atoms with Crippen molar-refractivity contribution in [2.75, 3.05) is 13.7 Å². The fraction of sp³-hybridized carbons (Fsp3) is 0.417. The number of benzene rings is 1. The Morgan fingerprint density at radius 2 is 2.21 bits per heavy atom. The maximum absolute atomic E-state index is 12.4. The molecular weight excluding hydrogens is 270 g/mol. The van der Waals surface area contributed by atoms with E-state index in [0.29, 0.717) is 12.2 Å². The average Bonchev–Trinajstić information content (AvgIpc) is 2.89. The number of carbonyl (C=O) groups excluding carboxylic acids is 1. The van der Waals surface area contributed by atoms with E-state index < -0.39 is 22.0 Å². The quantitative estimate of drug-likeness (QED) is 0.750. The molecule has 104 valence electrons. The van der Waals surface area contributed by atoms with E-state index in [9.17, 15) is 18.3 Å². The number of nitrogens with zero attached hydrogens (tertiary/aromatic N) is 1. The van der Waals surface area contributed by atoms with Crippen molar-refractivity contribution < 1.29 is 23.1 Å². The Morgan fingerprint density at radius 3 is 2.84 bits per heavy atom. The van der Waals surface area contributed by atoms with Crippen LogP contribution in [0.1, 0.15) is 12.8 Å². The third kappa shape index (κ3) is 2.57. The first kappa shape index (κ1) is 13.8. The number of methoxy groups -OCH3 is 1. The Labute approximate surface area is 111 Å². The van der Waals surface area contributed by atoms with E-state index in [-0.39, 0.29) is 17.9 Å². The van der Waals surface area contributed by atoms with Crippen LogP contribution in [0.3, 0.4) is 0 Å². The molecule has 1 aliphatic heterocycles. The van der Waals surface area contributed by atoms with Crippen LogP contribution in [-0.2, 0) is 14.8 Å². The minimum atomic E-state index is -3.83. The van der Waals surface area contributed by atoms with Crippen LogP contribution in [0.4, 0.5) is 0 Å². The summed E-state index contributed by atoms with van der Waals surface area (Å²) in [6, 6.07) is 4.88. The van der Waals surface area contributed by atoms with Crippen LogP contribution < -0.4 is 9.84 Å². The summed E-state index contributed by atoms with van der Waals surface area (Å²) in [5.74, 6) is -0.950. The first-order valence-electron chi connectivity index (χ1n) is 5.83. The molecule has 1 fully saturated rings. The minimum absolute atomic E-state index is 0.0278. The summed E-state index contributed by atoms with van der Waals surface area (Å²) in [4.78, 5) is 11.0. The number of hydrogen-bond donors (Lipinski definition) is 0. The second kappa shape index (κ2) is 5.18. The normalized spacial score (nSPS) is 20.4. The number of carboxylic acids is 1. The van der Waals surface area contributed by atoms with Gasteiger partial charge in [-0.3, -0.25) is 0 Å². The molecule has 0 N–H and O–H groups in total. The van der Waals surface area contributed by atoms with Crippen molar-refractivity contribution in [2.24, 2.45) is 0 Å². The van der Waals surface area contributed by atoms with Crippen LogP contribution in [-0.4, -0.2) is 38.4 Å². The Hall–Kier alpha value is -1.60. The summed E-state index contributed by atoms with van der Waals surface area (Å²) in [5, 5.41) is 11.0. The molecule has 0 spiro atoms. The molecule has 0 unspecified atom stereocenters. The number of carboxylic acid groups (broad SMARTS) is 1. The molecule has 19 heavy (non-hydrogen) atoms. The zero-order valence-electron chi connectivity index (χ0n) is 10.4. The Balaban J connectivity index is 2.38. The first-order chi connectivity index (χ1) is 8.96. The fourth-order valence-electron chi connectivity index (χ4n) is 2.16. The number of sulfonamides is 1. The molecule has 1 aliphatic rings. The van der Waals surface area contributed by atoms with Crippen molar-refractivity contribution in [1.29, 1.82) is 0 Å². The van der Waals surface area contributed by atoms with Crippen LogP contribution >= 0.6 is 0 Å². The van der Waals surface area contributed by atoms with Crippen LogP contribution in [0.5, 0.6) is 5.75 Å². The molecule has 7 heteroatoms. The third-order valence-corrected chi connectivity index (χ3v) is 5.03. The first-order valence-corrected chi connectivity index (χ1v) is 7.27. The summed E-state index contributed by atoms with van der Waals surface area (Å²) in [6.45, 7) is 0.193. The molecule has 0 aliphatic carbocycles. The van der Waals surface area contributed by atoms with E-state index >= 15 is 0 Å². The highest BCUT2D eigenvalue weighted by molar-refractivity contribution is 7.89. The third-order valence-electron chi connectivity index (χ3n) is 3.12. The van der Waals surface area contributed by atoms with Gasteiger partial charge in [0.05, 0.1) is 24.0 Å². The van der Waals surface area contributed by atoms with Gasteiger partial charge in [-0.1, -0.05) is 6.07 Å². The summed E-state index contributed by atoms with van der Waals surface area (Å²) < 4.78 is 30.8. The predicted molar refractivity (Wildman–Crippen MR) is 64.9 cm³/mol. The second-order valence-electron chi connectivity index (χ2n) is 4.27. The van der Waals surface area contributed by atoms with Gasteiger partial charge in [-0.05, 0) is 25.0 Å². The molecule has 1 atom stereocenters. The smallest absolute Gasteiger partial charge is 0.243 e. The summed E-state index contributed by atoms with van der Waals surface area (Å²) in [5.41, 5.74) is 0. The molecule has 1 heterocycles. The minimum Gasteiger partial charge on any atom is -0.548 e. The molecule has 2 rings (SSSR count). The molecule has 1 aromatic rings. The monoisotopic (exact) mass is 284 g/mol. The zero-order chi connectivity index (χ0) is 14.0. The van der Waals surface area contributed by atoms with Crippen LogP contribution in [0.2, 0.25) is 0 Å². The lowest BCUT2D eigenvalue weighted by molar-refractivity contribution is -0.309. The summed E-state index contributed by atoms with van der Waals surface area (Å²) >= 11 is 0. The number of hydrogen-bond acceptors (Lipinski definition) is 5. The van der Waals surface area contributed by atoms with Crippen molar-refractivity contribution in [2.45, 2.75) is 23.8 Å². The average molecular weight is 284 g/mol. The number of aliphatic carboxylic acids is 1. The maximum atomic E-state index is 12.4. The zero-order valence-corrected chi connectivity index (χ0v) is 11.2. The molecule has 0 amide bonds. The van der Waals surface area contributed by atoms with E-state index in [2.05, 4.69) is 0 Å². The van der Waals surface area contributed by atoms with Gasteiger partial charge in [0, 0.05) is 12.6 Å². The fourth-order valence-corrected chi connectivity index (χ4v) is 3.84. The van der Waals surface area contributed by atoms with Crippen molar-refractivity contribution >= 4 is 16.0 Å². The Morgan fingerprint density at radius 1 is 1.47 bits per heavy atom. The van der Waals surface area contributed by atoms with E-state index in [4.69, 9.17) is 4.74 Å². The van der Waals surface area contributed by atoms with Gasteiger partial charge in [0.25, 0.3) is 0 Å². The van der Waals surface area contributed by atoms with Crippen LogP contribution in [0.25, 0.3) is 0 Å². The van der Waals surface area contributed by atoms with E-state index in [1.54, 1.807) is 12.1 Å². The summed E-state index contributed by atoms with van der Waals surface area (Å²) in [7, 11) is -2.40. The Bertz CT molecular complexity index is 584. The lowest BCUT2D eigenvalue weighted by Gasteiger charge is -2.24. The van der Waals surface area contributed by atoms with Crippen LogP contribution in [0.15, 0.2) is 29.2 Å². The van der Waals surface area contributed by atoms with E-state index in [1.165, 1.54) is 19.2 Å². The van der Waals surface area contributed by atoms with Crippen molar-refractivity contribution in [3.8, 4) is 5.75 Å². The van der Waals surface area contributed by atoms with Crippen LogP contribution in [0, 0.1) is 0 Å². The van der Waals surface area contributed by atoms with Crippen molar-refractivity contribution in [3.63, 3.8) is 0 Å². The maximum Gasteiger partial charge on any atom is 0.243 e.